The predicted molar refractivity (Wildman–Crippen MR) is 146 cm³/mol. The minimum atomic E-state index is -0.279. The number of aromatic nitrogens is 1. The number of carbonyl (C=O) groups excluding carboxylic acids is 1. The van der Waals surface area contributed by atoms with Crippen LogP contribution in [0.15, 0.2) is 77.0 Å². The summed E-state index contributed by atoms with van der Waals surface area (Å²) in [5, 5.41) is 0.636. The van der Waals surface area contributed by atoms with E-state index < -0.39 is 0 Å². The van der Waals surface area contributed by atoms with Crippen molar-refractivity contribution in [3.05, 3.63) is 88.7 Å². The van der Waals surface area contributed by atoms with Crippen LogP contribution >= 0.6 is 11.8 Å². The molecule has 0 radical (unpaired) electrons. The van der Waals surface area contributed by atoms with Crippen LogP contribution in [0.5, 0.6) is 0 Å². The molecule has 1 atom stereocenters. The molecule has 1 unspecified atom stereocenters. The monoisotopic (exact) mass is 474 g/mol. The van der Waals surface area contributed by atoms with Gasteiger partial charge in [-0.15, -0.1) is 0 Å². The summed E-state index contributed by atoms with van der Waals surface area (Å²) in [4.78, 5) is 20.3. The van der Waals surface area contributed by atoms with Crippen molar-refractivity contribution in [3.8, 4) is 0 Å². The van der Waals surface area contributed by atoms with Crippen LogP contribution in [0.4, 0.5) is 0 Å². The van der Waals surface area contributed by atoms with Gasteiger partial charge in [-0.05, 0) is 74.8 Å². The summed E-state index contributed by atoms with van der Waals surface area (Å²) in [6, 6.07) is 12.3. The van der Waals surface area contributed by atoms with Gasteiger partial charge in [0, 0.05) is 24.8 Å². The fourth-order valence-electron chi connectivity index (χ4n) is 4.33. The zero-order chi connectivity index (χ0) is 24.7. The summed E-state index contributed by atoms with van der Waals surface area (Å²) in [5.74, 6) is 0.659. The first kappa shape index (κ1) is 26.0. The number of thioether (sulfide) groups is 1. The van der Waals surface area contributed by atoms with Crippen molar-refractivity contribution in [2.45, 2.75) is 64.7 Å². The van der Waals surface area contributed by atoms with E-state index in [1.807, 2.05) is 29.3 Å². The Morgan fingerprint density at radius 3 is 2.35 bits per heavy atom. The minimum absolute atomic E-state index is 0.194. The van der Waals surface area contributed by atoms with Crippen molar-refractivity contribution in [3.63, 3.8) is 0 Å². The number of allylic oxidation sites excluding steroid dienone is 6. The largest absolute Gasteiger partial charge is 0.341 e. The second-order valence-corrected chi connectivity index (χ2v) is 10.3. The van der Waals surface area contributed by atoms with Gasteiger partial charge in [0.15, 0.2) is 0 Å². The Morgan fingerprint density at radius 1 is 1.12 bits per heavy atom. The highest BCUT2D eigenvalue weighted by molar-refractivity contribution is 8.00. The van der Waals surface area contributed by atoms with Crippen LogP contribution in [0.3, 0.4) is 0 Å². The molecular weight excluding hydrogens is 436 g/mol. The molecule has 4 heteroatoms. The maximum absolute atomic E-state index is 13.4. The molecule has 34 heavy (non-hydrogen) atoms. The second-order valence-electron chi connectivity index (χ2n) is 9.24. The highest BCUT2D eigenvalue weighted by atomic mass is 32.2. The summed E-state index contributed by atoms with van der Waals surface area (Å²) in [7, 11) is 0. The van der Waals surface area contributed by atoms with E-state index in [1.54, 1.807) is 11.8 Å². The van der Waals surface area contributed by atoms with Gasteiger partial charge in [0.1, 0.15) is 5.25 Å². The van der Waals surface area contributed by atoms with E-state index in [-0.39, 0.29) is 11.2 Å². The fraction of sp³-hybridized carbons (Fsp3) is 0.400. The van der Waals surface area contributed by atoms with Crippen molar-refractivity contribution < 1.29 is 4.79 Å². The topological polar surface area (TPSA) is 33.2 Å². The van der Waals surface area contributed by atoms with Crippen LogP contribution < -0.4 is 0 Å². The standard InChI is InChI=1S/C30H38N2OS/c1-7-14-27(23(6)21(3)4)26(8-2)25-19-22(5)29(31-20-25)34-28(24-15-10-9-11-16-24)30(33)32-17-12-13-18-32/h7-11,14-16,19-21,28H,12-13,17-18H2,1-6H3/b14-7-,26-8-,27-23-. The quantitative estimate of drug-likeness (QED) is 0.289. The molecule has 1 saturated heterocycles. The molecule has 180 valence electrons. The first-order valence-electron chi connectivity index (χ1n) is 12.3. The van der Waals surface area contributed by atoms with E-state index in [4.69, 9.17) is 4.98 Å². The van der Waals surface area contributed by atoms with E-state index in [9.17, 15) is 4.79 Å². The van der Waals surface area contributed by atoms with Crippen LogP contribution in [0, 0.1) is 12.8 Å². The van der Waals surface area contributed by atoms with E-state index in [0.29, 0.717) is 5.92 Å². The molecular formula is C30H38N2OS. The Balaban J connectivity index is 1.95. The Morgan fingerprint density at radius 2 is 1.79 bits per heavy atom. The summed E-state index contributed by atoms with van der Waals surface area (Å²) in [6.45, 7) is 14.6. The number of hydrogen-bond acceptors (Lipinski definition) is 3. The SMILES string of the molecule is C\C=C/C(=C(\C)C(C)C)C(=C\C)/c1cnc(SC(C(=O)N2CCCC2)c2ccccc2)c(C)c1. The smallest absolute Gasteiger partial charge is 0.240 e. The molecule has 1 aromatic carbocycles. The highest BCUT2D eigenvalue weighted by Gasteiger charge is 2.29. The summed E-state index contributed by atoms with van der Waals surface area (Å²) in [6.07, 6.45) is 10.6. The fourth-order valence-corrected chi connectivity index (χ4v) is 5.45. The molecule has 1 aliphatic rings. The molecule has 1 aromatic heterocycles. The van der Waals surface area contributed by atoms with E-state index in [0.717, 1.165) is 47.6 Å². The first-order valence-corrected chi connectivity index (χ1v) is 13.2. The third kappa shape index (κ3) is 6.09. The number of carbonyl (C=O) groups is 1. The molecule has 0 aliphatic carbocycles. The van der Waals surface area contributed by atoms with Crippen molar-refractivity contribution in [1.29, 1.82) is 0 Å². The highest BCUT2D eigenvalue weighted by Crippen LogP contribution is 2.39. The van der Waals surface area contributed by atoms with Crippen LogP contribution in [0.2, 0.25) is 0 Å². The second kappa shape index (κ2) is 12.2. The maximum atomic E-state index is 13.4. The van der Waals surface area contributed by atoms with Crippen molar-refractivity contribution in [1.82, 2.24) is 9.88 Å². The lowest BCUT2D eigenvalue weighted by molar-refractivity contribution is -0.129. The Kier molecular flexibility index (Phi) is 9.35. The molecule has 0 bridgehead atoms. The molecule has 0 N–H and O–H groups in total. The molecule has 2 aromatic rings. The van der Waals surface area contributed by atoms with E-state index in [1.165, 1.54) is 16.7 Å². The van der Waals surface area contributed by atoms with Crippen molar-refractivity contribution >= 4 is 23.2 Å². The molecule has 1 amide bonds. The lowest BCUT2D eigenvalue weighted by atomic mass is 9.89. The van der Waals surface area contributed by atoms with Gasteiger partial charge >= 0.3 is 0 Å². The van der Waals surface area contributed by atoms with Crippen LogP contribution in [0.25, 0.3) is 5.57 Å². The van der Waals surface area contributed by atoms with Crippen molar-refractivity contribution in [2.24, 2.45) is 5.92 Å². The number of rotatable bonds is 8. The van der Waals surface area contributed by atoms with Crippen LogP contribution in [-0.4, -0.2) is 28.9 Å². The lowest BCUT2D eigenvalue weighted by Gasteiger charge is -2.23. The number of likely N-dealkylation sites (tertiary alicyclic amines) is 1. The van der Waals surface area contributed by atoms with Gasteiger partial charge in [-0.1, -0.05) is 79.7 Å². The molecule has 3 nitrogen and oxygen atoms in total. The average molecular weight is 475 g/mol. The number of amides is 1. The Bertz CT molecular complexity index is 1080. The number of nitrogens with zero attached hydrogens (tertiary/aromatic N) is 2. The van der Waals surface area contributed by atoms with Gasteiger partial charge in [-0.2, -0.15) is 0 Å². The number of hydrogen-bond donors (Lipinski definition) is 0. The number of pyridine rings is 1. The maximum Gasteiger partial charge on any atom is 0.240 e. The Hall–Kier alpha value is -2.59. The number of aryl methyl sites for hydroxylation is 1. The normalized spacial score (nSPS) is 16.3. The van der Waals surface area contributed by atoms with Gasteiger partial charge in [0.05, 0.1) is 5.03 Å². The molecule has 1 fully saturated rings. The molecule has 0 saturated carbocycles. The predicted octanol–water partition coefficient (Wildman–Crippen LogP) is 7.80. The summed E-state index contributed by atoms with van der Waals surface area (Å²) >= 11 is 1.57. The minimum Gasteiger partial charge on any atom is -0.341 e. The van der Waals surface area contributed by atoms with Crippen molar-refractivity contribution in [2.75, 3.05) is 13.1 Å². The van der Waals surface area contributed by atoms with Gasteiger partial charge in [0.25, 0.3) is 0 Å². The van der Waals surface area contributed by atoms with E-state index >= 15 is 0 Å². The van der Waals surface area contributed by atoms with Gasteiger partial charge in [-0.3, -0.25) is 4.79 Å². The van der Waals surface area contributed by atoms with Gasteiger partial charge in [-0.25, -0.2) is 4.98 Å². The number of benzene rings is 1. The average Bonchev–Trinajstić information content (AvgIpc) is 3.38. The summed E-state index contributed by atoms with van der Waals surface area (Å²) < 4.78 is 0. The lowest BCUT2D eigenvalue weighted by Crippen LogP contribution is -2.31. The van der Waals surface area contributed by atoms with Crippen LogP contribution in [-0.2, 0) is 4.79 Å². The first-order chi connectivity index (χ1) is 16.4. The van der Waals surface area contributed by atoms with Gasteiger partial charge < -0.3 is 4.90 Å². The molecule has 2 heterocycles. The van der Waals surface area contributed by atoms with E-state index in [2.05, 4.69) is 78.0 Å². The molecule has 1 aliphatic heterocycles. The Labute approximate surface area is 210 Å². The zero-order valence-corrected chi connectivity index (χ0v) is 22.3. The third-order valence-electron chi connectivity index (χ3n) is 6.52. The van der Waals surface area contributed by atoms with Gasteiger partial charge in [0.2, 0.25) is 5.91 Å². The molecule has 0 spiro atoms. The van der Waals surface area contributed by atoms with Crippen LogP contribution in [0.1, 0.15) is 69.4 Å². The molecule has 3 rings (SSSR count). The zero-order valence-electron chi connectivity index (χ0n) is 21.5. The summed E-state index contributed by atoms with van der Waals surface area (Å²) in [5.41, 5.74) is 7.06. The third-order valence-corrected chi connectivity index (χ3v) is 7.88.